The first-order valence-corrected chi connectivity index (χ1v) is 8.09. The van der Waals surface area contributed by atoms with Gasteiger partial charge in [-0.3, -0.25) is 9.59 Å². The second-order valence-corrected chi connectivity index (χ2v) is 5.97. The quantitative estimate of drug-likeness (QED) is 0.576. The monoisotopic (exact) mass is 298 g/mol. The molecule has 0 aromatic rings. The fraction of sp³-hybridized carbons (Fsp3) is 0.875. The van der Waals surface area contributed by atoms with Gasteiger partial charge in [0.25, 0.3) is 0 Å². The van der Waals surface area contributed by atoms with Crippen LogP contribution >= 0.6 is 0 Å². The van der Waals surface area contributed by atoms with Crippen LogP contribution in [0.25, 0.3) is 0 Å². The minimum atomic E-state index is -0.800. The van der Waals surface area contributed by atoms with Gasteiger partial charge in [-0.1, -0.05) is 12.8 Å². The van der Waals surface area contributed by atoms with Gasteiger partial charge in [0.1, 0.15) is 0 Å². The van der Waals surface area contributed by atoms with E-state index in [0.29, 0.717) is 13.0 Å². The Bertz CT molecular complexity index is 355. The third kappa shape index (κ3) is 3.76. The topological polar surface area (TPSA) is 61.8 Å². The summed E-state index contributed by atoms with van der Waals surface area (Å²) >= 11 is 0. The van der Waals surface area contributed by atoms with Crippen LogP contribution in [0.2, 0.25) is 0 Å². The zero-order chi connectivity index (χ0) is 15.3. The molecule has 5 heteroatoms. The lowest BCUT2D eigenvalue weighted by Crippen LogP contribution is -2.44. The molecular weight excluding hydrogens is 272 g/mol. The molecule has 1 spiro atoms. The van der Waals surface area contributed by atoms with E-state index in [1.54, 1.807) is 13.8 Å². The van der Waals surface area contributed by atoms with Crippen LogP contribution < -0.4 is 0 Å². The summed E-state index contributed by atoms with van der Waals surface area (Å²) in [4.78, 5) is 24.4. The van der Waals surface area contributed by atoms with E-state index in [1.807, 2.05) is 0 Å². The van der Waals surface area contributed by atoms with Crippen molar-refractivity contribution in [2.75, 3.05) is 19.8 Å². The van der Waals surface area contributed by atoms with Gasteiger partial charge >= 0.3 is 11.9 Å². The number of hydrogen-bond donors (Lipinski definition) is 0. The fourth-order valence-electron chi connectivity index (χ4n) is 3.66. The van der Waals surface area contributed by atoms with E-state index < -0.39 is 17.9 Å². The molecule has 5 nitrogen and oxygen atoms in total. The molecule has 120 valence electrons. The molecule has 0 N–H and O–H groups in total. The molecule has 0 bridgehead atoms. The highest BCUT2D eigenvalue weighted by Crippen LogP contribution is 2.44. The van der Waals surface area contributed by atoms with Crippen LogP contribution in [0.5, 0.6) is 0 Å². The molecule has 1 unspecified atom stereocenters. The van der Waals surface area contributed by atoms with E-state index in [-0.39, 0.29) is 24.7 Å². The van der Waals surface area contributed by atoms with E-state index in [1.165, 1.54) is 0 Å². The van der Waals surface area contributed by atoms with Crippen molar-refractivity contribution < 1.29 is 23.8 Å². The molecule has 0 aromatic carbocycles. The van der Waals surface area contributed by atoms with E-state index in [0.717, 1.165) is 32.1 Å². The smallest absolute Gasteiger partial charge is 0.320 e. The van der Waals surface area contributed by atoms with Gasteiger partial charge in [-0.25, -0.2) is 0 Å². The van der Waals surface area contributed by atoms with Crippen LogP contribution in [0.3, 0.4) is 0 Å². The highest BCUT2D eigenvalue weighted by molar-refractivity contribution is 5.95. The van der Waals surface area contributed by atoms with Gasteiger partial charge in [-0.05, 0) is 45.4 Å². The molecule has 1 aliphatic heterocycles. The molecule has 1 saturated carbocycles. The SMILES string of the molecule is CCOC(=O)C(C(=O)OCC)C1CCOC2(CCCC2)C1. The van der Waals surface area contributed by atoms with Crippen LogP contribution in [0.1, 0.15) is 52.4 Å². The van der Waals surface area contributed by atoms with Gasteiger partial charge < -0.3 is 14.2 Å². The zero-order valence-corrected chi connectivity index (χ0v) is 13.1. The summed E-state index contributed by atoms with van der Waals surface area (Å²) in [6.45, 7) is 4.68. The zero-order valence-electron chi connectivity index (χ0n) is 13.1. The minimum absolute atomic E-state index is 0.0325. The summed E-state index contributed by atoms with van der Waals surface area (Å²) in [7, 11) is 0. The molecule has 1 heterocycles. The molecule has 2 fully saturated rings. The third-order valence-corrected chi connectivity index (χ3v) is 4.60. The maximum atomic E-state index is 12.2. The Morgan fingerprint density at radius 1 is 1.14 bits per heavy atom. The Labute approximate surface area is 126 Å². The van der Waals surface area contributed by atoms with Crippen molar-refractivity contribution in [3.63, 3.8) is 0 Å². The van der Waals surface area contributed by atoms with Gasteiger partial charge in [-0.2, -0.15) is 0 Å². The van der Waals surface area contributed by atoms with Crippen molar-refractivity contribution in [3.8, 4) is 0 Å². The number of esters is 2. The molecule has 21 heavy (non-hydrogen) atoms. The summed E-state index contributed by atoms with van der Waals surface area (Å²) in [5.41, 5.74) is -0.125. The first-order chi connectivity index (χ1) is 10.1. The van der Waals surface area contributed by atoms with E-state index >= 15 is 0 Å². The normalized spacial score (nSPS) is 24.2. The molecule has 2 aliphatic rings. The van der Waals surface area contributed by atoms with Crippen molar-refractivity contribution in [1.82, 2.24) is 0 Å². The lowest BCUT2D eigenvalue weighted by Gasteiger charge is -2.40. The summed E-state index contributed by atoms with van der Waals surface area (Å²) in [6, 6.07) is 0. The average Bonchev–Trinajstić information content (AvgIpc) is 2.87. The number of ether oxygens (including phenoxy) is 3. The van der Waals surface area contributed by atoms with Crippen LogP contribution in [-0.4, -0.2) is 37.4 Å². The predicted octanol–water partition coefficient (Wildman–Crippen LogP) is 2.47. The fourth-order valence-corrected chi connectivity index (χ4v) is 3.66. The first kappa shape index (κ1) is 16.3. The van der Waals surface area contributed by atoms with Crippen molar-refractivity contribution in [3.05, 3.63) is 0 Å². The van der Waals surface area contributed by atoms with Gasteiger partial charge in [-0.15, -0.1) is 0 Å². The molecule has 1 saturated heterocycles. The van der Waals surface area contributed by atoms with Crippen molar-refractivity contribution in [1.29, 1.82) is 0 Å². The standard InChI is InChI=1S/C16H26O5/c1-3-19-14(17)13(15(18)20-4-2)12-7-10-21-16(11-12)8-5-6-9-16/h12-13H,3-11H2,1-2H3. The highest BCUT2D eigenvalue weighted by atomic mass is 16.6. The van der Waals surface area contributed by atoms with Crippen molar-refractivity contribution >= 4 is 11.9 Å². The lowest BCUT2D eigenvalue weighted by molar-refractivity contribution is -0.170. The largest absolute Gasteiger partial charge is 0.465 e. The number of hydrogen-bond acceptors (Lipinski definition) is 5. The third-order valence-electron chi connectivity index (χ3n) is 4.60. The van der Waals surface area contributed by atoms with E-state index in [2.05, 4.69) is 0 Å². The van der Waals surface area contributed by atoms with E-state index in [4.69, 9.17) is 14.2 Å². The predicted molar refractivity (Wildman–Crippen MR) is 76.6 cm³/mol. The Morgan fingerprint density at radius 3 is 2.24 bits per heavy atom. The summed E-state index contributed by atoms with van der Waals surface area (Å²) in [6.07, 6.45) is 5.86. The van der Waals surface area contributed by atoms with Crippen LogP contribution in [0.4, 0.5) is 0 Å². The molecule has 1 atom stereocenters. The summed E-state index contributed by atoms with van der Waals surface area (Å²) in [5, 5.41) is 0. The lowest BCUT2D eigenvalue weighted by atomic mass is 9.77. The Hall–Kier alpha value is -1.10. The molecule has 0 amide bonds. The highest BCUT2D eigenvalue weighted by Gasteiger charge is 2.46. The molecular formula is C16H26O5. The molecule has 0 aromatic heterocycles. The van der Waals surface area contributed by atoms with Crippen LogP contribution in [-0.2, 0) is 23.8 Å². The van der Waals surface area contributed by atoms with Gasteiger partial charge in [0.05, 0.1) is 18.8 Å². The average molecular weight is 298 g/mol. The Kier molecular flexibility index (Phi) is 5.62. The molecule has 0 radical (unpaired) electrons. The summed E-state index contributed by atoms with van der Waals surface area (Å²) in [5.74, 6) is -1.73. The van der Waals surface area contributed by atoms with Crippen molar-refractivity contribution in [2.24, 2.45) is 11.8 Å². The number of rotatable bonds is 5. The molecule has 2 rings (SSSR count). The van der Waals surface area contributed by atoms with Gasteiger partial charge in [0.15, 0.2) is 5.92 Å². The maximum Gasteiger partial charge on any atom is 0.320 e. The number of carbonyl (C=O) groups excluding carboxylic acids is 2. The van der Waals surface area contributed by atoms with E-state index in [9.17, 15) is 9.59 Å². The molecule has 1 aliphatic carbocycles. The maximum absolute atomic E-state index is 12.2. The van der Waals surface area contributed by atoms with Gasteiger partial charge in [0, 0.05) is 6.61 Å². The Balaban J connectivity index is 2.11. The Morgan fingerprint density at radius 2 is 1.71 bits per heavy atom. The minimum Gasteiger partial charge on any atom is -0.465 e. The second-order valence-electron chi connectivity index (χ2n) is 5.97. The van der Waals surface area contributed by atoms with Crippen molar-refractivity contribution in [2.45, 2.75) is 58.0 Å². The second kappa shape index (κ2) is 7.25. The number of carbonyl (C=O) groups is 2. The van der Waals surface area contributed by atoms with Crippen LogP contribution in [0.15, 0.2) is 0 Å². The summed E-state index contributed by atoms with van der Waals surface area (Å²) < 4.78 is 16.2. The first-order valence-electron chi connectivity index (χ1n) is 8.09. The van der Waals surface area contributed by atoms with Crippen LogP contribution in [0, 0.1) is 11.8 Å². The van der Waals surface area contributed by atoms with Gasteiger partial charge in [0.2, 0.25) is 0 Å².